The Morgan fingerprint density at radius 3 is 2.88 bits per heavy atom. The zero-order valence-electron chi connectivity index (χ0n) is 13.4. The topological polar surface area (TPSA) is 87.7 Å². The lowest BCUT2D eigenvalue weighted by Gasteiger charge is -2.14. The Balaban J connectivity index is 1.49. The summed E-state index contributed by atoms with van der Waals surface area (Å²) < 4.78 is 4.91. The highest BCUT2D eigenvalue weighted by Gasteiger charge is 2.23. The summed E-state index contributed by atoms with van der Waals surface area (Å²) in [4.78, 5) is 36.9. The quantitative estimate of drug-likeness (QED) is 0.829. The summed E-state index contributed by atoms with van der Waals surface area (Å²) in [6.45, 7) is 1.10. The van der Waals surface area contributed by atoms with Crippen molar-refractivity contribution >= 4 is 40.6 Å². The van der Waals surface area contributed by atoms with Crippen LogP contribution in [0.2, 0.25) is 0 Å². The molecule has 0 bridgehead atoms. The van der Waals surface area contributed by atoms with Crippen LogP contribution in [0.5, 0.6) is 0 Å². The number of carbonyl (C=O) groups excluding carboxylic acids is 3. The molecule has 1 saturated heterocycles. The van der Waals surface area contributed by atoms with Gasteiger partial charge in [0, 0.05) is 35.3 Å². The number of thiophene rings is 1. The summed E-state index contributed by atoms with van der Waals surface area (Å²) in [6, 6.07) is 8.73. The van der Waals surface area contributed by atoms with Gasteiger partial charge in [-0.2, -0.15) is 11.3 Å². The number of carbonyl (C=O) groups is 3. The third-order valence-electron chi connectivity index (χ3n) is 3.62. The van der Waals surface area contributed by atoms with Crippen molar-refractivity contribution in [3.8, 4) is 0 Å². The van der Waals surface area contributed by atoms with Gasteiger partial charge in [0.15, 0.2) is 0 Å². The fraction of sp³-hybridized carbons (Fsp3) is 0.235. The second-order valence-corrected chi connectivity index (χ2v) is 6.16. The van der Waals surface area contributed by atoms with Gasteiger partial charge in [0.2, 0.25) is 5.91 Å². The van der Waals surface area contributed by atoms with Gasteiger partial charge in [0.1, 0.15) is 6.61 Å². The highest BCUT2D eigenvalue weighted by Crippen LogP contribution is 2.22. The van der Waals surface area contributed by atoms with E-state index in [0.29, 0.717) is 30.1 Å². The Labute approximate surface area is 148 Å². The molecule has 0 radical (unpaired) electrons. The molecule has 1 aliphatic heterocycles. The van der Waals surface area contributed by atoms with Gasteiger partial charge in [-0.25, -0.2) is 4.79 Å². The predicted octanol–water partition coefficient (Wildman–Crippen LogP) is 2.46. The monoisotopic (exact) mass is 359 g/mol. The molecule has 8 heteroatoms. The van der Waals surface area contributed by atoms with E-state index in [1.807, 2.05) is 5.38 Å². The molecule has 0 saturated carbocycles. The first kappa shape index (κ1) is 17.0. The number of hydrogen-bond acceptors (Lipinski definition) is 5. The third kappa shape index (κ3) is 4.36. The average Bonchev–Trinajstić information content (AvgIpc) is 3.26. The van der Waals surface area contributed by atoms with E-state index < -0.39 is 0 Å². The largest absolute Gasteiger partial charge is 0.447 e. The minimum Gasteiger partial charge on any atom is -0.447 e. The summed E-state index contributed by atoms with van der Waals surface area (Å²) in [6.07, 6.45) is -0.231. The third-order valence-corrected chi connectivity index (χ3v) is 4.31. The maximum Gasteiger partial charge on any atom is 0.414 e. The highest BCUT2D eigenvalue weighted by atomic mass is 32.1. The fourth-order valence-corrected chi connectivity index (χ4v) is 3.02. The molecule has 0 atom stereocenters. The van der Waals surface area contributed by atoms with Crippen molar-refractivity contribution in [2.75, 3.05) is 29.9 Å². The van der Waals surface area contributed by atoms with Gasteiger partial charge in [-0.05, 0) is 29.6 Å². The van der Waals surface area contributed by atoms with Gasteiger partial charge in [-0.15, -0.1) is 0 Å². The lowest BCUT2D eigenvalue weighted by Crippen LogP contribution is -2.27. The van der Waals surface area contributed by atoms with E-state index in [0.717, 1.165) is 0 Å². The summed E-state index contributed by atoms with van der Waals surface area (Å²) >= 11 is 1.44. The molecule has 0 unspecified atom stereocenters. The SMILES string of the molecule is O=C(CCNC(=O)c1ccsc1)Nc1cccc(N2CCOC2=O)c1. The molecule has 0 spiro atoms. The molecule has 2 aromatic rings. The molecular weight excluding hydrogens is 342 g/mol. The number of ether oxygens (including phenoxy) is 1. The molecule has 1 aliphatic rings. The second-order valence-electron chi connectivity index (χ2n) is 5.38. The normalized spacial score (nSPS) is 13.4. The Morgan fingerprint density at radius 2 is 2.16 bits per heavy atom. The standard InChI is InChI=1S/C17H17N3O4S/c21-15(4-6-18-16(22)12-5-9-25-11-12)19-13-2-1-3-14(10-13)20-7-8-24-17(20)23/h1-3,5,9-11H,4,6-8H2,(H,18,22)(H,19,21). The van der Waals surface area contributed by atoms with Crippen LogP contribution in [0, 0.1) is 0 Å². The molecule has 2 N–H and O–H groups in total. The van der Waals surface area contributed by atoms with Crippen LogP contribution in [-0.2, 0) is 9.53 Å². The molecule has 1 aromatic heterocycles. The van der Waals surface area contributed by atoms with Crippen molar-refractivity contribution in [1.82, 2.24) is 5.32 Å². The zero-order chi connectivity index (χ0) is 17.6. The van der Waals surface area contributed by atoms with E-state index in [9.17, 15) is 14.4 Å². The van der Waals surface area contributed by atoms with Crippen LogP contribution in [0.4, 0.5) is 16.2 Å². The summed E-state index contributed by atoms with van der Waals surface area (Å²) in [7, 11) is 0. The van der Waals surface area contributed by atoms with Gasteiger partial charge in [-0.3, -0.25) is 14.5 Å². The molecule has 25 heavy (non-hydrogen) atoms. The number of amides is 3. The van der Waals surface area contributed by atoms with Crippen LogP contribution in [0.3, 0.4) is 0 Å². The molecule has 130 valence electrons. The van der Waals surface area contributed by atoms with Crippen LogP contribution in [-0.4, -0.2) is 37.6 Å². The van der Waals surface area contributed by atoms with E-state index in [-0.39, 0.29) is 30.9 Å². The van der Waals surface area contributed by atoms with Gasteiger partial charge >= 0.3 is 6.09 Å². The Morgan fingerprint density at radius 1 is 1.28 bits per heavy atom. The lowest BCUT2D eigenvalue weighted by molar-refractivity contribution is -0.116. The van der Waals surface area contributed by atoms with Crippen LogP contribution in [0.15, 0.2) is 41.1 Å². The van der Waals surface area contributed by atoms with E-state index in [2.05, 4.69) is 10.6 Å². The maximum absolute atomic E-state index is 12.0. The Bertz CT molecular complexity index is 776. The van der Waals surface area contributed by atoms with Gasteiger partial charge in [0.25, 0.3) is 5.91 Å². The van der Waals surface area contributed by atoms with E-state index in [1.54, 1.807) is 35.7 Å². The smallest absolute Gasteiger partial charge is 0.414 e. The molecule has 1 aromatic carbocycles. The van der Waals surface area contributed by atoms with Crippen molar-refractivity contribution in [1.29, 1.82) is 0 Å². The van der Waals surface area contributed by atoms with Gasteiger partial charge in [0.05, 0.1) is 6.54 Å². The Hall–Kier alpha value is -2.87. The minimum absolute atomic E-state index is 0.159. The van der Waals surface area contributed by atoms with Crippen molar-refractivity contribution in [3.05, 3.63) is 46.7 Å². The molecule has 0 aliphatic carbocycles. The first-order chi connectivity index (χ1) is 12.1. The molecule has 7 nitrogen and oxygen atoms in total. The lowest BCUT2D eigenvalue weighted by atomic mass is 10.2. The predicted molar refractivity (Wildman–Crippen MR) is 95.0 cm³/mol. The number of rotatable bonds is 6. The van der Waals surface area contributed by atoms with Crippen LogP contribution >= 0.6 is 11.3 Å². The maximum atomic E-state index is 12.0. The summed E-state index contributed by atoms with van der Waals surface area (Å²) in [5.74, 6) is -0.407. The highest BCUT2D eigenvalue weighted by molar-refractivity contribution is 7.08. The summed E-state index contributed by atoms with van der Waals surface area (Å²) in [5, 5.41) is 9.04. The Kier molecular flexibility index (Phi) is 5.30. The minimum atomic E-state index is -0.389. The molecule has 3 amide bonds. The van der Waals surface area contributed by atoms with Crippen LogP contribution in [0.25, 0.3) is 0 Å². The number of cyclic esters (lactones) is 1. The van der Waals surface area contributed by atoms with Crippen molar-refractivity contribution in [2.24, 2.45) is 0 Å². The van der Waals surface area contributed by atoms with E-state index >= 15 is 0 Å². The molecule has 2 heterocycles. The number of nitrogens with zero attached hydrogens (tertiary/aromatic N) is 1. The first-order valence-corrected chi connectivity index (χ1v) is 8.72. The number of nitrogens with one attached hydrogen (secondary N) is 2. The van der Waals surface area contributed by atoms with Crippen LogP contribution < -0.4 is 15.5 Å². The molecule has 3 rings (SSSR count). The summed E-state index contributed by atoms with van der Waals surface area (Å²) in [5.41, 5.74) is 1.85. The van der Waals surface area contributed by atoms with E-state index in [1.165, 1.54) is 16.2 Å². The number of anilines is 2. The van der Waals surface area contributed by atoms with Crippen molar-refractivity contribution in [2.45, 2.75) is 6.42 Å². The first-order valence-electron chi connectivity index (χ1n) is 7.78. The van der Waals surface area contributed by atoms with Gasteiger partial charge in [-0.1, -0.05) is 6.07 Å². The zero-order valence-corrected chi connectivity index (χ0v) is 14.2. The number of benzene rings is 1. The second kappa shape index (κ2) is 7.80. The molecule has 1 fully saturated rings. The van der Waals surface area contributed by atoms with Crippen molar-refractivity contribution in [3.63, 3.8) is 0 Å². The fourth-order valence-electron chi connectivity index (χ4n) is 2.39. The molecular formula is C17H17N3O4S. The van der Waals surface area contributed by atoms with E-state index in [4.69, 9.17) is 4.74 Å². The van der Waals surface area contributed by atoms with Crippen LogP contribution in [0.1, 0.15) is 16.8 Å². The average molecular weight is 359 g/mol. The van der Waals surface area contributed by atoms with Crippen molar-refractivity contribution < 1.29 is 19.1 Å². The number of hydrogen-bond donors (Lipinski definition) is 2. The van der Waals surface area contributed by atoms with Gasteiger partial charge < -0.3 is 15.4 Å².